The quantitative estimate of drug-likeness (QED) is 0.532. The van der Waals surface area contributed by atoms with Crippen molar-refractivity contribution in [3.05, 3.63) is 29.0 Å². The molecule has 1 heterocycles. The molecule has 0 amide bonds. The molecule has 3 heteroatoms. The number of hydrogen-bond acceptors (Lipinski definition) is 1. The minimum Gasteiger partial charge on any atom is -0.245 e. The molecule has 1 nitrogen and oxygen atoms in total. The number of aromatic nitrogens is 1. The zero-order valence-electron chi connectivity index (χ0n) is 7.14. The highest BCUT2D eigenvalue weighted by Crippen LogP contribution is 2.25. The van der Waals surface area contributed by atoms with Crippen LogP contribution in [-0.2, 0) is 5.41 Å². The normalized spacial score (nSPS) is 11.7. The van der Waals surface area contributed by atoms with Gasteiger partial charge in [0.25, 0.3) is 0 Å². The van der Waals surface area contributed by atoms with Crippen molar-refractivity contribution in [1.29, 1.82) is 0 Å². The van der Waals surface area contributed by atoms with Crippen LogP contribution in [0, 0.1) is 0 Å². The molecular formula is C9H11Cl2N. The van der Waals surface area contributed by atoms with Crippen LogP contribution in [0.2, 0.25) is 5.15 Å². The molecule has 0 aliphatic carbocycles. The first-order valence-corrected chi connectivity index (χ1v) is 4.65. The van der Waals surface area contributed by atoms with E-state index in [9.17, 15) is 0 Å². The third kappa shape index (κ3) is 2.11. The van der Waals surface area contributed by atoms with Crippen molar-refractivity contribution < 1.29 is 0 Å². The summed E-state index contributed by atoms with van der Waals surface area (Å²) in [6.07, 6.45) is 1.70. The number of rotatable bonds is 2. The van der Waals surface area contributed by atoms with Gasteiger partial charge in [0, 0.05) is 17.5 Å². The predicted octanol–water partition coefficient (Wildman–Crippen LogP) is 3.25. The van der Waals surface area contributed by atoms with E-state index in [2.05, 4.69) is 18.8 Å². The van der Waals surface area contributed by atoms with E-state index in [0.29, 0.717) is 11.0 Å². The van der Waals surface area contributed by atoms with Crippen molar-refractivity contribution in [2.24, 2.45) is 0 Å². The average molecular weight is 204 g/mol. The van der Waals surface area contributed by atoms with Gasteiger partial charge in [-0.2, -0.15) is 0 Å². The first kappa shape index (κ1) is 9.82. The molecule has 0 N–H and O–H groups in total. The molecule has 1 rings (SSSR count). The number of alkyl halides is 1. The maximum atomic E-state index is 5.82. The molecule has 12 heavy (non-hydrogen) atoms. The van der Waals surface area contributed by atoms with E-state index in [1.807, 2.05) is 12.1 Å². The van der Waals surface area contributed by atoms with E-state index in [0.717, 1.165) is 5.56 Å². The summed E-state index contributed by atoms with van der Waals surface area (Å²) in [5, 5.41) is 0.519. The first-order chi connectivity index (χ1) is 5.56. The van der Waals surface area contributed by atoms with Crippen LogP contribution in [0.5, 0.6) is 0 Å². The minimum absolute atomic E-state index is 0.0336. The number of pyridine rings is 1. The van der Waals surface area contributed by atoms with Gasteiger partial charge in [-0.05, 0) is 17.7 Å². The van der Waals surface area contributed by atoms with Crippen LogP contribution >= 0.6 is 23.2 Å². The van der Waals surface area contributed by atoms with Crippen molar-refractivity contribution in [3.8, 4) is 0 Å². The van der Waals surface area contributed by atoms with Crippen molar-refractivity contribution in [1.82, 2.24) is 4.98 Å². The molecule has 0 aliphatic rings. The van der Waals surface area contributed by atoms with Gasteiger partial charge in [-0.3, -0.25) is 0 Å². The molecule has 0 unspecified atom stereocenters. The van der Waals surface area contributed by atoms with E-state index < -0.39 is 0 Å². The van der Waals surface area contributed by atoms with E-state index in [1.165, 1.54) is 0 Å². The van der Waals surface area contributed by atoms with Gasteiger partial charge in [-0.1, -0.05) is 25.4 Å². The lowest BCUT2D eigenvalue weighted by atomic mass is 9.88. The van der Waals surface area contributed by atoms with Crippen molar-refractivity contribution in [3.63, 3.8) is 0 Å². The number of halogens is 2. The van der Waals surface area contributed by atoms with Crippen molar-refractivity contribution in [2.45, 2.75) is 19.3 Å². The topological polar surface area (TPSA) is 12.9 Å². The second kappa shape index (κ2) is 3.63. The lowest BCUT2D eigenvalue weighted by Gasteiger charge is -2.21. The maximum absolute atomic E-state index is 5.82. The fraction of sp³-hybridized carbons (Fsp3) is 0.444. The Bertz CT molecular complexity index is 271. The lowest BCUT2D eigenvalue weighted by molar-refractivity contribution is 0.597. The summed E-state index contributed by atoms with van der Waals surface area (Å²) in [6.45, 7) is 4.15. The Hall–Kier alpha value is -0.270. The molecule has 0 bridgehead atoms. The highest BCUT2D eigenvalue weighted by atomic mass is 35.5. The van der Waals surface area contributed by atoms with Gasteiger partial charge >= 0.3 is 0 Å². The van der Waals surface area contributed by atoms with Crippen LogP contribution in [0.3, 0.4) is 0 Å². The Morgan fingerprint density at radius 2 is 2.17 bits per heavy atom. The molecule has 0 atom stereocenters. The fourth-order valence-electron chi connectivity index (χ4n) is 0.901. The van der Waals surface area contributed by atoms with Gasteiger partial charge in [0.2, 0.25) is 0 Å². The Kier molecular flexibility index (Phi) is 2.97. The fourth-order valence-corrected chi connectivity index (χ4v) is 1.23. The molecule has 1 aromatic rings. The van der Waals surface area contributed by atoms with Crippen molar-refractivity contribution in [2.75, 3.05) is 5.88 Å². The lowest BCUT2D eigenvalue weighted by Crippen LogP contribution is -2.18. The summed E-state index contributed by atoms with van der Waals surface area (Å²) in [6, 6.07) is 3.79. The maximum Gasteiger partial charge on any atom is 0.129 e. The second-order valence-corrected chi connectivity index (χ2v) is 4.04. The van der Waals surface area contributed by atoms with Crippen LogP contribution in [-0.4, -0.2) is 10.9 Å². The largest absolute Gasteiger partial charge is 0.245 e. The summed E-state index contributed by atoms with van der Waals surface area (Å²) in [5.74, 6) is 0.577. The highest BCUT2D eigenvalue weighted by molar-refractivity contribution is 6.29. The van der Waals surface area contributed by atoms with E-state index in [4.69, 9.17) is 23.2 Å². The summed E-state index contributed by atoms with van der Waals surface area (Å²) >= 11 is 11.6. The van der Waals surface area contributed by atoms with Crippen LogP contribution in [0.15, 0.2) is 18.3 Å². The Labute approximate surface area is 82.7 Å². The van der Waals surface area contributed by atoms with Gasteiger partial charge in [-0.15, -0.1) is 11.6 Å². The third-order valence-corrected chi connectivity index (χ3v) is 2.72. The molecule has 0 aliphatic heterocycles. The Morgan fingerprint density at radius 3 is 2.67 bits per heavy atom. The summed E-state index contributed by atoms with van der Waals surface area (Å²) in [4.78, 5) is 3.91. The zero-order valence-corrected chi connectivity index (χ0v) is 8.65. The average Bonchev–Trinajstić information content (AvgIpc) is 2.05. The molecule has 0 radical (unpaired) electrons. The zero-order chi connectivity index (χ0) is 9.19. The van der Waals surface area contributed by atoms with Crippen LogP contribution in [0.1, 0.15) is 19.4 Å². The second-order valence-electron chi connectivity index (χ2n) is 3.38. The van der Waals surface area contributed by atoms with Crippen LogP contribution < -0.4 is 0 Å². The van der Waals surface area contributed by atoms with Crippen molar-refractivity contribution >= 4 is 23.2 Å². The Morgan fingerprint density at radius 1 is 1.50 bits per heavy atom. The standard InChI is InChI=1S/C9H11Cl2N/c1-9(2,6-10)7-3-4-12-8(11)5-7/h3-5H,6H2,1-2H3. The summed E-state index contributed by atoms with van der Waals surface area (Å²) in [5.41, 5.74) is 1.09. The highest BCUT2D eigenvalue weighted by Gasteiger charge is 2.19. The minimum atomic E-state index is -0.0336. The number of nitrogens with zero attached hydrogens (tertiary/aromatic N) is 1. The number of hydrogen-bond donors (Lipinski definition) is 0. The smallest absolute Gasteiger partial charge is 0.129 e. The molecular weight excluding hydrogens is 193 g/mol. The van der Waals surface area contributed by atoms with Crippen LogP contribution in [0.4, 0.5) is 0 Å². The van der Waals surface area contributed by atoms with Gasteiger partial charge < -0.3 is 0 Å². The molecule has 0 saturated carbocycles. The monoisotopic (exact) mass is 203 g/mol. The predicted molar refractivity (Wildman–Crippen MR) is 53.0 cm³/mol. The van der Waals surface area contributed by atoms with Gasteiger partial charge in [-0.25, -0.2) is 4.98 Å². The molecule has 66 valence electrons. The van der Waals surface area contributed by atoms with E-state index in [1.54, 1.807) is 6.20 Å². The summed E-state index contributed by atoms with van der Waals surface area (Å²) in [7, 11) is 0. The Balaban J connectivity index is 3.03. The SMILES string of the molecule is CC(C)(CCl)c1ccnc(Cl)c1. The molecule has 0 aromatic carbocycles. The van der Waals surface area contributed by atoms with Gasteiger partial charge in [0.1, 0.15) is 5.15 Å². The van der Waals surface area contributed by atoms with E-state index >= 15 is 0 Å². The first-order valence-electron chi connectivity index (χ1n) is 3.74. The molecule has 0 fully saturated rings. The molecule has 1 aromatic heterocycles. The summed E-state index contributed by atoms with van der Waals surface area (Å²) < 4.78 is 0. The third-order valence-electron chi connectivity index (χ3n) is 1.84. The molecule has 0 spiro atoms. The molecule has 0 saturated heterocycles. The van der Waals surface area contributed by atoms with Gasteiger partial charge in [0.15, 0.2) is 0 Å². The van der Waals surface area contributed by atoms with Crippen LogP contribution in [0.25, 0.3) is 0 Å². The van der Waals surface area contributed by atoms with Gasteiger partial charge in [0.05, 0.1) is 0 Å². The van der Waals surface area contributed by atoms with E-state index in [-0.39, 0.29) is 5.41 Å².